The van der Waals surface area contributed by atoms with E-state index < -0.39 is 11.7 Å². The van der Waals surface area contributed by atoms with E-state index in [-0.39, 0.29) is 18.4 Å². The lowest BCUT2D eigenvalue weighted by molar-refractivity contribution is -0.137. The Labute approximate surface area is 194 Å². The first-order valence-corrected chi connectivity index (χ1v) is 11.5. The molecule has 0 saturated carbocycles. The number of rotatable bonds is 7. The number of anilines is 2. The molecule has 0 unspecified atom stereocenters. The Morgan fingerprint density at radius 3 is 2.48 bits per heavy atom. The molecule has 2 heterocycles. The van der Waals surface area contributed by atoms with Crippen LogP contribution in [-0.2, 0) is 17.4 Å². The fraction of sp³-hybridized carbons (Fsp3) is 0.455. The highest BCUT2D eigenvalue weighted by atomic mass is 32.1. The van der Waals surface area contributed by atoms with Gasteiger partial charge in [-0.05, 0) is 43.0 Å². The summed E-state index contributed by atoms with van der Waals surface area (Å²) in [5.41, 5.74) is -0.258. The topological polar surface area (TPSA) is 82.5 Å². The zero-order valence-corrected chi connectivity index (χ0v) is 19.3. The molecule has 33 heavy (non-hydrogen) atoms. The van der Waals surface area contributed by atoms with Crippen LogP contribution in [0.3, 0.4) is 0 Å². The third kappa shape index (κ3) is 7.28. The van der Waals surface area contributed by atoms with Gasteiger partial charge in [-0.1, -0.05) is 36.5 Å². The molecule has 2 N–H and O–H groups in total. The van der Waals surface area contributed by atoms with Gasteiger partial charge >= 0.3 is 6.18 Å². The normalized spacial score (nSPS) is 15.8. The van der Waals surface area contributed by atoms with Gasteiger partial charge < -0.3 is 15.5 Å². The summed E-state index contributed by atoms with van der Waals surface area (Å²) >= 11 is 1.23. The van der Waals surface area contributed by atoms with E-state index in [0.717, 1.165) is 50.3 Å². The predicted octanol–water partition coefficient (Wildman–Crippen LogP) is 4.61. The van der Waals surface area contributed by atoms with Crippen molar-refractivity contribution in [3.05, 3.63) is 47.5 Å². The van der Waals surface area contributed by atoms with Gasteiger partial charge in [-0.2, -0.15) is 13.2 Å². The third-order valence-corrected chi connectivity index (χ3v) is 5.97. The average molecular weight is 481 g/mol. The van der Waals surface area contributed by atoms with Crippen LogP contribution in [0.15, 0.2) is 41.4 Å². The van der Waals surface area contributed by atoms with Crippen molar-refractivity contribution in [3.8, 4) is 0 Å². The second-order valence-electron chi connectivity index (χ2n) is 7.63. The van der Waals surface area contributed by atoms with Gasteiger partial charge in [-0.3, -0.25) is 9.79 Å². The van der Waals surface area contributed by atoms with Crippen LogP contribution >= 0.6 is 11.3 Å². The number of aliphatic imine (C=N–C) groups is 1. The van der Waals surface area contributed by atoms with E-state index in [2.05, 4.69) is 49.8 Å². The van der Waals surface area contributed by atoms with Gasteiger partial charge in [0.1, 0.15) is 5.84 Å². The molecule has 1 aromatic heterocycles. The number of amidine groups is 1. The number of alkyl halides is 3. The summed E-state index contributed by atoms with van der Waals surface area (Å²) in [5, 5.41) is 15.1. The van der Waals surface area contributed by atoms with Crippen molar-refractivity contribution in [2.24, 2.45) is 4.99 Å². The molecule has 1 aromatic carbocycles. The molecule has 1 fully saturated rings. The summed E-state index contributed by atoms with van der Waals surface area (Å²) < 4.78 is 37.9. The second-order valence-corrected chi connectivity index (χ2v) is 8.61. The highest BCUT2D eigenvalue weighted by Crippen LogP contribution is 2.29. The Kier molecular flexibility index (Phi) is 8.43. The first-order chi connectivity index (χ1) is 15.8. The number of hydrogen-bond acceptors (Lipinski definition) is 6. The van der Waals surface area contributed by atoms with Crippen molar-refractivity contribution in [1.82, 2.24) is 15.1 Å². The number of carbonyl (C=O) groups is 1. The summed E-state index contributed by atoms with van der Waals surface area (Å²) in [4.78, 5) is 18.8. The molecule has 11 heteroatoms. The van der Waals surface area contributed by atoms with Crippen LogP contribution in [0.2, 0.25) is 0 Å². The SMILES string of the molecule is CC/C=C\C(=N/C)N1CCC(Nc2nnc(NC(=O)Cc3ccc(C(F)(F)F)cc3)s2)CC1. The molecular formula is C22H27F3N6OS. The minimum atomic E-state index is -4.40. The lowest BCUT2D eigenvalue weighted by Crippen LogP contribution is -2.41. The Hall–Kier alpha value is -2.95. The van der Waals surface area contributed by atoms with E-state index in [4.69, 9.17) is 0 Å². The summed E-state index contributed by atoms with van der Waals surface area (Å²) in [5.74, 6) is 0.626. The van der Waals surface area contributed by atoms with E-state index >= 15 is 0 Å². The number of piperidine rings is 1. The van der Waals surface area contributed by atoms with Gasteiger partial charge in [0.2, 0.25) is 16.2 Å². The number of likely N-dealkylation sites (tertiary alicyclic amines) is 1. The molecule has 0 atom stereocenters. The lowest BCUT2D eigenvalue weighted by Gasteiger charge is -2.33. The van der Waals surface area contributed by atoms with Gasteiger partial charge in [0.15, 0.2) is 0 Å². The largest absolute Gasteiger partial charge is 0.416 e. The fourth-order valence-corrected chi connectivity index (χ4v) is 4.20. The molecule has 1 aliphatic rings. The Balaban J connectivity index is 1.46. The smallest absolute Gasteiger partial charge is 0.357 e. The van der Waals surface area contributed by atoms with Crippen LogP contribution in [0, 0.1) is 0 Å². The number of aromatic nitrogens is 2. The molecule has 1 aliphatic heterocycles. The number of benzene rings is 1. The summed E-state index contributed by atoms with van der Waals surface area (Å²) in [6.07, 6.45) is 2.52. The maximum atomic E-state index is 12.6. The molecule has 0 radical (unpaired) electrons. The minimum Gasteiger partial charge on any atom is -0.357 e. The molecule has 7 nitrogen and oxygen atoms in total. The average Bonchev–Trinajstić information content (AvgIpc) is 3.21. The molecule has 1 amide bonds. The molecule has 0 aliphatic carbocycles. The van der Waals surface area contributed by atoms with Crippen molar-refractivity contribution < 1.29 is 18.0 Å². The highest BCUT2D eigenvalue weighted by molar-refractivity contribution is 7.19. The summed E-state index contributed by atoms with van der Waals surface area (Å²) in [6, 6.07) is 4.79. The first-order valence-electron chi connectivity index (χ1n) is 10.7. The van der Waals surface area contributed by atoms with Gasteiger partial charge in [-0.25, -0.2) is 0 Å². The fourth-order valence-electron chi connectivity index (χ4n) is 3.46. The van der Waals surface area contributed by atoms with Crippen LogP contribution in [0.25, 0.3) is 0 Å². The zero-order chi connectivity index (χ0) is 23.8. The van der Waals surface area contributed by atoms with Crippen molar-refractivity contribution in [2.45, 2.75) is 44.8 Å². The molecular weight excluding hydrogens is 453 g/mol. The first kappa shape index (κ1) is 24.7. The number of allylic oxidation sites excluding steroid dienone is 1. The quantitative estimate of drug-likeness (QED) is 0.447. The molecule has 1 saturated heterocycles. The van der Waals surface area contributed by atoms with Crippen molar-refractivity contribution in [2.75, 3.05) is 30.8 Å². The molecule has 2 aromatic rings. The van der Waals surface area contributed by atoms with E-state index in [1.165, 1.54) is 23.5 Å². The number of carbonyl (C=O) groups excluding carboxylic acids is 1. The number of hydrogen-bond donors (Lipinski definition) is 2. The Bertz CT molecular complexity index is 979. The van der Waals surface area contributed by atoms with Crippen molar-refractivity contribution >= 4 is 33.3 Å². The molecule has 0 spiro atoms. The van der Waals surface area contributed by atoms with Crippen LogP contribution < -0.4 is 10.6 Å². The monoisotopic (exact) mass is 480 g/mol. The lowest BCUT2D eigenvalue weighted by atomic mass is 10.1. The molecule has 3 rings (SSSR count). The third-order valence-electron chi connectivity index (χ3n) is 5.20. The second kappa shape index (κ2) is 11.3. The van der Waals surface area contributed by atoms with Crippen LogP contribution in [-0.4, -0.2) is 53.0 Å². The number of nitrogens with one attached hydrogen (secondary N) is 2. The van der Waals surface area contributed by atoms with Crippen LogP contribution in [0.5, 0.6) is 0 Å². The highest BCUT2D eigenvalue weighted by Gasteiger charge is 2.30. The van der Waals surface area contributed by atoms with E-state index in [1.807, 2.05) is 0 Å². The molecule has 178 valence electrons. The number of halogens is 3. The zero-order valence-electron chi connectivity index (χ0n) is 18.5. The van der Waals surface area contributed by atoms with Gasteiger partial charge in [0.05, 0.1) is 12.0 Å². The summed E-state index contributed by atoms with van der Waals surface area (Å²) in [7, 11) is 1.80. The van der Waals surface area contributed by atoms with E-state index in [9.17, 15) is 18.0 Å². The molecule has 0 bridgehead atoms. The maximum absolute atomic E-state index is 12.6. The van der Waals surface area contributed by atoms with Crippen molar-refractivity contribution in [3.63, 3.8) is 0 Å². The van der Waals surface area contributed by atoms with Crippen LogP contribution in [0.1, 0.15) is 37.3 Å². The standard InChI is InChI=1S/C22H27F3N6OS/c1-3-4-5-18(26-2)31-12-10-17(11-13-31)27-20-29-30-21(33-20)28-19(32)14-15-6-8-16(9-7-15)22(23,24)25/h4-9,17H,3,10-14H2,1-2H3,(H,27,29)(H,28,30,32)/b5-4-,26-18+. The Morgan fingerprint density at radius 1 is 1.21 bits per heavy atom. The van der Waals surface area contributed by atoms with Gasteiger partial charge in [-0.15, -0.1) is 10.2 Å². The van der Waals surface area contributed by atoms with Gasteiger partial charge in [0.25, 0.3) is 0 Å². The predicted molar refractivity (Wildman–Crippen MR) is 125 cm³/mol. The minimum absolute atomic E-state index is 0.0489. The van der Waals surface area contributed by atoms with Gasteiger partial charge in [0, 0.05) is 26.2 Å². The number of nitrogens with zero attached hydrogens (tertiary/aromatic N) is 4. The summed E-state index contributed by atoms with van der Waals surface area (Å²) in [6.45, 7) is 3.86. The number of amides is 1. The van der Waals surface area contributed by atoms with Crippen LogP contribution in [0.4, 0.5) is 23.4 Å². The maximum Gasteiger partial charge on any atom is 0.416 e. The van der Waals surface area contributed by atoms with Crippen molar-refractivity contribution in [1.29, 1.82) is 0 Å². The van der Waals surface area contributed by atoms with E-state index in [1.54, 1.807) is 7.05 Å². The van der Waals surface area contributed by atoms with E-state index in [0.29, 0.717) is 15.8 Å². The Morgan fingerprint density at radius 2 is 1.88 bits per heavy atom.